The molecule has 1 aromatic rings. The molecule has 1 aliphatic heterocycles. The highest BCUT2D eigenvalue weighted by atomic mass is 32.2. The maximum atomic E-state index is 11.2. The zero-order valence-electron chi connectivity index (χ0n) is 14.3. The molecule has 1 heterocycles. The van der Waals surface area contributed by atoms with E-state index in [1.165, 1.54) is 11.8 Å². The molecule has 23 heavy (non-hydrogen) atoms. The standard InChI is InChI=1S/C17H28N2O3S/c1-14(2)22-17-8-6-15(7-9-17)12-19-10-4-5-16(13-19)11-18-23(3,20)21/h6-9,14,16,18H,4-5,10-13H2,1-3H3/t16-/m1/s1. The SMILES string of the molecule is CC(C)Oc1ccc(CN2CCC[C@H](CNS(C)(=O)=O)C2)cc1. The van der Waals surface area contributed by atoms with Gasteiger partial charge >= 0.3 is 0 Å². The van der Waals surface area contributed by atoms with Gasteiger partial charge in [0.15, 0.2) is 0 Å². The molecule has 0 radical (unpaired) electrons. The molecule has 1 N–H and O–H groups in total. The van der Waals surface area contributed by atoms with Gasteiger partial charge in [0.05, 0.1) is 12.4 Å². The van der Waals surface area contributed by atoms with E-state index in [0.717, 1.165) is 38.2 Å². The second-order valence-corrected chi connectivity index (χ2v) is 8.51. The smallest absolute Gasteiger partial charge is 0.208 e. The lowest BCUT2D eigenvalue weighted by molar-refractivity contribution is 0.169. The number of piperidine rings is 1. The molecular formula is C17H28N2O3S. The van der Waals surface area contributed by atoms with Gasteiger partial charge in [0.2, 0.25) is 10.0 Å². The van der Waals surface area contributed by atoms with Crippen LogP contribution in [0.2, 0.25) is 0 Å². The lowest BCUT2D eigenvalue weighted by Crippen LogP contribution is -2.40. The zero-order chi connectivity index (χ0) is 16.9. The van der Waals surface area contributed by atoms with Crippen molar-refractivity contribution in [2.24, 2.45) is 5.92 Å². The fourth-order valence-corrected chi connectivity index (χ4v) is 3.47. The first-order valence-electron chi connectivity index (χ1n) is 8.24. The van der Waals surface area contributed by atoms with Crippen molar-refractivity contribution >= 4 is 10.0 Å². The van der Waals surface area contributed by atoms with E-state index in [1.807, 2.05) is 26.0 Å². The Bertz CT molecular complexity index is 584. The van der Waals surface area contributed by atoms with E-state index >= 15 is 0 Å². The summed E-state index contributed by atoms with van der Waals surface area (Å²) >= 11 is 0. The quantitative estimate of drug-likeness (QED) is 0.827. The van der Waals surface area contributed by atoms with Crippen molar-refractivity contribution in [3.8, 4) is 5.75 Å². The average molecular weight is 340 g/mol. The Balaban J connectivity index is 1.84. The minimum atomic E-state index is -3.10. The average Bonchev–Trinajstić information content (AvgIpc) is 2.46. The number of hydrogen-bond acceptors (Lipinski definition) is 4. The van der Waals surface area contributed by atoms with Gasteiger partial charge in [-0.2, -0.15) is 0 Å². The highest BCUT2D eigenvalue weighted by Crippen LogP contribution is 2.20. The molecule has 0 saturated carbocycles. The van der Waals surface area contributed by atoms with Gasteiger partial charge in [0.1, 0.15) is 5.75 Å². The predicted molar refractivity (Wildman–Crippen MR) is 93.1 cm³/mol. The minimum Gasteiger partial charge on any atom is -0.491 e. The Morgan fingerprint density at radius 2 is 2.00 bits per heavy atom. The molecule has 130 valence electrons. The second kappa shape index (κ2) is 8.13. The molecule has 0 amide bonds. The summed E-state index contributed by atoms with van der Waals surface area (Å²) < 4.78 is 30.7. The summed E-state index contributed by atoms with van der Waals surface area (Å²) in [6, 6.07) is 8.25. The van der Waals surface area contributed by atoms with Crippen LogP contribution in [0.15, 0.2) is 24.3 Å². The summed E-state index contributed by atoms with van der Waals surface area (Å²) in [5.74, 6) is 1.29. The topological polar surface area (TPSA) is 58.6 Å². The lowest BCUT2D eigenvalue weighted by Gasteiger charge is -2.32. The van der Waals surface area contributed by atoms with Crippen molar-refractivity contribution in [2.45, 2.75) is 39.3 Å². The molecule has 1 aliphatic rings. The Kier molecular flexibility index (Phi) is 6.44. The molecule has 0 spiro atoms. The Labute approximate surface area is 140 Å². The van der Waals surface area contributed by atoms with Crippen LogP contribution in [0.3, 0.4) is 0 Å². The van der Waals surface area contributed by atoms with Crippen molar-refractivity contribution < 1.29 is 13.2 Å². The number of nitrogens with zero attached hydrogens (tertiary/aromatic N) is 1. The highest BCUT2D eigenvalue weighted by molar-refractivity contribution is 7.88. The molecule has 0 bridgehead atoms. The van der Waals surface area contributed by atoms with E-state index < -0.39 is 10.0 Å². The zero-order valence-corrected chi connectivity index (χ0v) is 15.1. The van der Waals surface area contributed by atoms with Crippen LogP contribution in [0, 0.1) is 5.92 Å². The third kappa shape index (κ3) is 6.89. The van der Waals surface area contributed by atoms with E-state index in [2.05, 4.69) is 21.8 Å². The molecule has 0 aromatic heterocycles. The number of benzene rings is 1. The Morgan fingerprint density at radius 3 is 2.61 bits per heavy atom. The monoisotopic (exact) mass is 340 g/mol. The molecule has 0 unspecified atom stereocenters. The van der Waals surface area contributed by atoms with Gasteiger partial charge in [-0.25, -0.2) is 13.1 Å². The van der Waals surface area contributed by atoms with E-state index in [9.17, 15) is 8.42 Å². The van der Waals surface area contributed by atoms with E-state index in [-0.39, 0.29) is 6.10 Å². The molecular weight excluding hydrogens is 312 g/mol. The van der Waals surface area contributed by atoms with E-state index in [4.69, 9.17) is 4.74 Å². The van der Waals surface area contributed by atoms with Crippen LogP contribution >= 0.6 is 0 Å². The van der Waals surface area contributed by atoms with Crippen LogP contribution in [0.25, 0.3) is 0 Å². The first-order chi connectivity index (χ1) is 10.8. The molecule has 0 aliphatic carbocycles. The van der Waals surface area contributed by atoms with Crippen LogP contribution in [-0.4, -0.2) is 45.3 Å². The summed E-state index contributed by atoms with van der Waals surface area (Å²) in [6.07, 6.45) is 3.60. The van der Waals surface area contributed by atoms with Crippen molar-refractivity contribution in [3.05, 3.63) is 29.8 Å². The number of sulfonamides is 1. The normalized spacial score (nSPS) is 19.9. The number of nitrogens with one attached hydrogen (secondary N) is 1. The third-order valence-corrected chi connectivity index (χ3v) is 4.63. The minimum absolute atomic E-state index is 0.186. The van der Waals surface area contributed by atoms with Crippen LogP contribution < -0.4 is 9.46 Å². The third-order valence-electron chi connectivity index (χ3n) is 3.94. The Morgan fingerprint density at radius 1 is 1.30 bits per heavy atom. The Hall–Kier alpha value is -1.11. The number of ether oxygens (including phenoxy) is 1. The fourth-order valence-electron chi connectivity index (χ4n) is 2.93. The molecule has 1 saturated heterocycles. The molecule has 1 atom stereocenters. The fraction of sp³-hybridized carbons (Fsp3) is 0.647. The molecule has 1 fully saturated rings. The number of likely N-dealkylation sites (tertiary alicyclic amines) is 1. The predicted octanol–water partition coefficient (Wildman–Crippen LogP) is 2.23. The van der Waals surface area contributed by atoms with Gasteiger partial charge in [-0.3, -0.25) is 4.90 Å². The van der Waals surface area contributed by atoms with Gasteiger partial charge in [0, 0.05) is 19.6 Å². The van der Waals surface area contributed by atoms with E-state index in [1.54, 1.807) is 0 Å². The van der Waals surface area contributed by atoms with Gasteiger partial charge in [0.25, 0.3) is 0 Å². The molecule has 2 rings (SSSR count). The van der Waals surface area contributed by atoms with Crippen molar-refractivity contribution in [1.82, 2.24) is 9.62 Å². The summed E-state index contributed by atoms with van der Waals surface area (Å²) in [6.45, 7) is 7.48. The van der Waals surface area contributed by atoms with Crippen LogP contribution in [0.1, 0.15) is 32.3 Å². The largest absolute Gasteiger partial charge is 0.491 e. The first kappa shape index (κ1) is 18.2. The lowest BCUT2D eigenvalue weighted by atomic mass is 9.98. The summed E-state index contributed by atoms with van der Waals surface area (Å²) in [5.41, 5.74) is 1.26. The van der Waals surface area contributed by atoms with Gasteiger partial charge in [-0.1, -0.05) is 12.1 Å². The second-order valence-electron chi connectivity index (χ2n) is 6.67. The molecule has 1 aromatic carbocycles. The van der Waals surface area contributed by atoms with Crippen LogP contribution in [-0.2, 0) is 16.6 Å². The van der Waals surface area contributed by atoms with Gasteiger partial charge in [-0.05, 0) is 56.8 Å². The first-order valence-corrected chi connectivity index (χ1v) is 10.1. The van der Waals surface area contributed by atoms with Gasteiger partial charge in [-0.15, -0.1) is 0 Å². The van der Waals surface area contributed by atoms with Crippen LogP contribution in [0.4, 0.5) is 0 Å². The maximum absolute atomic E-state index is 11.2. The number of hydrogen-bond donors (Lipinski definition) is 1. The summed E-state index contributed by atoms with van der Waals surface area (Å²) in [5, 5.41) is 0. The van der Waals surface area contributed by atoms with Crippen molar-refractivity contribution in [1.29, 1.82) is 0 Å². The summed E-state index contributed by atoms with van der Waals surface area (Å²) in [4.78, 5) is 2.40. The summed E-state index contributed by atoms with van der Waals surface area (Å²) in [7, 11) is -3.10. The maximum Gasteiger partial charge on any atom is 0.208 e. The van der Waals surface area contributed by atoms with Crippen molar-refractivity contribution in [2.75, 3.05) is 25.9 Å². The molecule has 6 heteroatoms. The molecule has 5 nitrogen and oxygen atoms in total. The van der Waals surface area contributed by atoms with Gasteiger partial charge < -0.3 is 4.74 Å². The van der Waals surface area contributed by atoms with Crippen LogP contribution in [0.5, 0.6) is 5.75 Å². The van der Waals surface area contributed by atoms with Crippen molar-refractivity contribution in [3.63, 3.8) is 0 Å². The highest BCUT2D eigenvalue weighted by Gasteiger charge is 2.20. The van der Waals surface area contributed by atoms with E-state index in [0.29, 0.717) is 12.5 Å². The number of rotatable bonds is 7.